The summed E-state index contributed by atoms with van der Waals surface area (Å²) in [5.74, 6) is 1.41. The van der Waals surface area contributed by atoms with Crippen molar-refractivity contribution >= 4 is 35.5 Å². The van der Waals surface area contributed by atoms with Gasteiger partial charge in [-0.05, 0) is 36.3 Å². The van der Waals surface area contributed by atoms with Crippen LogP contribution in [0.2, 0.25) is 0 Å². The average molecular weight is 485 g/mol. The molecule has 2 N–H and O–H groups in total. The number of fused-ring (bicyclic) bond motifs is 2. The monoisotopic (exact) mass is 484 g/mol. The largest absolute Gasteiger partial charge is 0.497 e. The van der Waals surface area contributed by atoms with Crippen molar-refractivity contribution in [2.45, 2.75) is 39.3 Å². The van der Waals surface area contributed by atoms with E-state index in [0.717, 1.165) is 23.6 Å². The standard InChI is InChI=1S/C11H8ClN3O3.C11H13NO.C3H8/c12-8-2-1-5-3-6(18-7(5)4-13-8)9-10(16)15-11(17)14-9;1-8-11-6-10(13-3)5-4-9(11)7-12(8)2;1-3-2/h2-4,9H,1H2,(H2,14,15,16,17);4-6H,1,7H2,2-3H3;3H2,1-2H3. The van der Waals surface area contributed by atoms with Crippen molar-refractivity contribution in [3.8, 4) is 5.75 Å². The van der Waals surface area contributed by atoms with Gasteiger partial charge < -0.3 is 19.4 Å². The van der Waals surface area contributed by atoms with Crippen LogP contribution in [-0.2, 0) is 17.8 Å². The number of nitrogens with one attached hydrogen (secondary N) is 2. The zero-order chi connectivity index (χ0) is 24.8. The minimum atomic E-state index is -0.780. The van der Waals surface area contributed by atoms with Gasteiger partial charge in [-0.25, -0.2) is 9.79 Å². The second-order valence-electron chi connectivity index (χ2n) is 7.96. The smallest absolute Gasteiger partial charge is 0.322 e. The summed E-state index contributed by atoms with van der Waals surface area (Å²) in [5.41, 5.74) is 4.49. The van der Waals surface area contributed by atoms with Crippen LogP contribution in [0.5, 0.6) is 5.75 Å². The Bertz CT molecular complexity index is 1150. The summed E-state index contributed by atoms with van der Waals surface area (Å²) < 4.78 is 10.7. The Morgan fingerprint density at radius 1 is 1.26 bits per heavy atom. The molecule has 34 heavy (non-hydrogen) atoms. The van der Waals surface area contributed by atoms with E-state index in [1.54, 1.807) is 19.3 Å². The molecule has 9 heteroatoms. The molecular formula is C25H29ClN4O4. The van der Waals surface area contributed by atoms with Crippen LogP contribution in [0.15, 0.2) is 51.5 Å². The maximum Gasteiger partial charge on any atom is 0.322 e. The number of halogens is 1. The van der Waals surface area contributed by atoms with Crippen molar-refractivity contribution in [1.29, 1.82) is 0 Å². The second-order valence-corrected chi connectivity index (χ2v) is 8.34. The molecule has 0 radical (unpaired) electrons. The number of carbonyl (C=O) groups is 2. The molecule has 8 nitrogen and oxygen atoms in total. The third-order valence-corrected chi connectivity index (χ3v) is 5.46. The summed E-state index contributed by atoms with van der Waals surface area (Å²) >= 11 is 5.78. The third-order valence-electron chi connectivity index (χ3n) is 5.21. The van der Waals surface area contributed by atoms with Gasteiger partial charge in [-0.3, -0.25) is 10.1 Å². The zero-order valence-corrected chi connectivity index (χ0v) is 20.5. The number of furan rings is 1. The van der Waals surface area contributed by atoms with Gasteiger partial charge >= 0.3 is 6.03 Å². The fraction of sp³-hybridized carbons (Fsp3) is 0.320. The molecule has 0 spiro atoms. The molecule has 3 aliphatic heterocycles. The minimum Gasteiger partial charge on any atom is -0.497 e. The van der Waals surface area contributed by atoms with Crippen LogP contribution in [0, 0.1) is 0 Å². The van der Waals surface area contributed by atoms with Crippen LogP contribution < -0.4 is 15.4 Å². The van der Waals surface area contributed by atoms with Gasteiger partial charge in [-0.1, -0.05) is 44.5 Å². The molecule has 1 atom stereocenters. The number of urea groups is 1. The SMILES string of the molecule is C=C1c2cc(OC)ccc2CN1C.CCC.O=C1NC(=O)C(c2cc3c(o2)C=NC(Cl)=CC3)N1. The van der Waals surface area contributed by atoms with Crippen LogP contribution in [0.4, 0.5) is 4.79 Å². The molecule has 1 aromatic heterocycles. The Morgan fingerprint density at radius 2 is 2.00 bits per heavy atom. The van der Waals surface area contributed by atoms with Crippen LogP contribution in [0.25, 0.3) is 5.70 Å². The molecule has 1 saturated heterocycles. The number of carbonyl (C=O) groups excluding carboxylic acids is 2. The van der Waals surface area contributed by atoms with Gasteiger partial charge in [0.05, 0.1) is 13.3 Å². The lowest BCUT2D eigenvalue weighted by Crippen LogP contribution is -2.22. The van der Waals surface area contributed by atoms with E-state index in [4.69, 9.17) is 20.8 Å². The van der Waals surface area contributed by atoms with E-state index in [9.17, 15) is 9.59 Å². The van der Waals surface area contributed by atoms with Crippen LogP contribution in [0.1, 0.15) is 54.5 Å². The predicted octanol–water partition coefficient (Wildman–Crippen LogP) is 4.74. The number of hydrogen-bond acceptors (Lipinski definition) is 6. The van der Waals surface area contributed by atoms with E-state index in [0.29, 0.717) is 23.1 Å². The fourth-order valence-corrected chi connectivity index (χ4v) is 3.63. The van der Waals surface area contributed by atoms with Gasteiger partial charge in [0.2, 0.25) is 0 Å². The van der Waals surface area contributed by atoms with Crippen molar-refractivity contribution < 1.29 is 18.7 Å². The molecule has 3 aliphatic rings. The van der Waals surface area contributed by atoms with Crippen molar-refractivity contribution in [2.75, 3.05) is 14.2 Å². The molecule has 5 rings (SSSR count). The van der Waals surface area contributed by atoms with Crippen molar-refractivity contribution in [1.82, 2.24) is 15.5 Å². The number of benzene rings is 1. The Hall–Kier alpha value is -3.52. The first-order valence-corrected chi connectivity index (χ1v) is 11.4. The molecule has 1 fully saturated rings. The molecule has 1 unspecified atom stereocenters. The van der Waals surface area contributed by atoms with Crippen molar-refractivity contribution in [2.24, 2.45) is 4.99 Å². The Morgan fingerprint density at radius 3 is 2.65 bits per heavy atom. The van der Waals surface area contributed by atoms with Crippen LogP contribution in [0.3, 0.4) is 0 Å². The zero-order valence-electron chi connectivity index (χ0n) is 19.8. The number of ether oxygens (including phenoxy) is 1. The number of allylic oxidation sites excluding steroid dienone is 1. The summed E-state index contributed by atoms with van der Waals surface area (Å²) in [7, 11) is 3.73. The molecule has 1 aromatic carbocycles. The highest BCUT2D eigenvalue weighted by Crippen LogP contribution is 2.32. The highest BCUT2D eigenvalue weighted by atomic mass is 35.5. The number of aliphatic imine (C=N–C) groups is 1. The summed E-state index contributed by atoms with van der Waals surface area (Å²) in [6, 6.07) is 6.56. The predicted molar refractivity (Wildman–Crippen MR) is 133 cm³/mol. The number of rotatable bonds is 2. The van der Waals surface area contributed by atoms with Gasteiger partial charge in [0.25, 0.3) is 5.91 Å². The summed E-state index contributed by atoms with van der Waals surface area (Å²) in [6.45, 7) is 9.23. The van der Waals surface area contributed by atoms with Crippen LogP contribution in [-0.4, -0.2) is 37.2 Å². The van der Waals surface area contributed by atoms with Gasteiger partial charge in [0.15, 0.2) is 6.04 Å². The number of imide groups is 1. The van der Waals surface area contributed by atoms with Crippen molar-refractivity contribution in [3.63, 3.8) is 0 Å². The Balaban J connectivity index is 0.000000178. The summed E-state index contributed by atoms with van der Waals surface area (Å²) in [6.07, 6.45) is 5.07. The first kappa shape index (κ1) is 25.1. The number of hydrogen-bond donors (Lipinski definition) is 2. The quantitative estimate of drug-likeness (QED) is 0.474. The van der Waals surface area contributed by atoms with E-state index in [1.165, 1.54) is 23.8 Å². The maximum atomic E-state index is 11.5. The molecule has 3 amide bonds. The maximum absolute atomic E-state index is 11.5. The van der Waals surface area contributed by atoms with Crippen molar-refractivity contribution in [3.05, 3.63) is 70.3 Å². The minimum absolute atomic E-state index is 0.390. The molecule has 0 saturated carbocycles. The molecule has 0 aliphatic carbocycles. The molecule has 2 aromatic rings. The lowest BCUT2D eigenvalue weighted by molar-refractivity contribution is -0.120. The fourth-order valence-electron chi connectivity index (χ4n) is 3.51. The third kappa shape index (κ3) is 5.69. The number of nitrogens with zero attached hydrogens (tertiary/aromatic N) is 2. The molecule has 4 heterocycles. The van der Waals surface area contributed by atoms with Gasteiger partial charge in [-0.2, -0.15) is 0 Å². The Labute approximate surface area is 204 Å². The van der Waals surface area contributed by atoms with Gasteiger partial charge in [-0.15, -0.1) is 0 Å². The first-order valence-electron chi connectivity index (χ1n) is 11.0. The Kier molecular flexibility index (Phi) is 8.17. The van der Waals surface area contributed by atoms with E-state index < -0.39 is 18.0 Å². The second kappa shape index (κ2) is 11.1. The van der Waals surface area contributed by atoms with E-state index >= 15 is 0 Å². The normalized spacial score (nSPS) is 17.8. The highest BCUT2D eigenvalue weighted by molar-refractivity contribution is 6.30. The van der Waals surface area contributed by atoms with Gasteiger partial charge in [0.1, 0.15) is 22.4 Å². The first-order chi connectivity index (χ1) is 16.3. The topological polar surface area (TPSA) is 96.2 Å². The van der Waals surface area contributed by atoms with E-state index in [1.807, 2.05) is 12.1 Å². The number of methoxy groups -OCH3 is 1. The lowest BCUT2D eigenvalue weighted by Gasteiger charge is -2.10. The van der Waals surface area contributed by atoms with E-state index in [-0.39, 0.29) is 0 Å². The number of amides is 3. The lowest BCUT2D eigenvalue weighted by atomic mass is 10.1. The average Bonchev–Trinajstić information content (AvgIpc) is 3.42. The molecule has 0 bridgehead atoms. The van der Waals surface area contributed by atoms with Gasteiger partial charge in [0, 0.05) is 30.4 Å². The molecule has 180 valence electrons. The molecular weight excluding hydrogens is 456 g/mol. The van der Waals surface area contributed by atoms with Crippen LogP contribution >= 0.6 is 11.6 Å². The highest BCUT2D eigenvalue weighted by Gasteiger charge is 2.34. The summed E-state index contributed by atoms with van der Waals surface area (Å²) in [5, 5.41) is 5.02. The van der Waals surface area contributed by atoms with E-state index in [2.05, 4.69) is 54.1 Å². The summed E-state index contributed by atoms with van der Waals surface area (Å²) in [4.78, 5) is 28.6.